The van der Waals surface area contributed by atoms with Gasteiger partial charge in [0.25, 0.3) is 0 Å². The van der Waals surface area contributed by atoms with E-state index in [0.29, 0.717) is 0 Å². The topological polar surface area (TPSA) is 38.7 Å². The number of halogens is 1. The van der Waals surface area contributed by atoms with E-state index in [0.717, 1.165) is 47.0 Å². The van der Waals surface area contributed by atoms with E-state index in [4.69, 9.17) is 4.74 Å². The number of isocyanates is 1. The lowest BCUT2D eigenvalue weighted by Crippen LogP contribution is -2.19. The van der Waals surface area contributed by atoms with Crippen molar-refractivity contribution in [2.24, 2.45) is 4.99 Å². The number of aryl methyl sites for hydroxylation is 1. The van der Waals surface area contributed by atoms with Gasteiger partial charge in [-0.3, -0.25) is 0 Å². The molecule has 0 aliphatic heterocycles. The third-order valence-electron chi connectivity index (χ3n) is 3.66. The third kappa shape index (κ3) is 2.23. The quantitative estimate of drug-likeness (QED) is 0.628. The number of hydrogen-bond donors (Lipinski definition) is 0. The summed E-state index contributed by atoms with van der Waals surface area (Å²) < 4.78 is 6.24. The van der Waals surface area contributed by atoms with Crippen LogP contribution in [0.25, 0.3) is 0 Å². The number of nitrogens with zero attached hydrogens (tertiary/aromatic N) is 1. The summed E-state index contributed by atoms with van der Waals surface area (Å²) >= 11 is 3.52. The zero-order chi connectivity index (χ0) is 13.2. The van der Waals surface area contributed by atoms with Gasteiger partial charge in [0, 0.05) is 0 Å². The molecule has 1 aromatic carbocycles. The van der Waals surface area contributed by atoms with Crippen molar-refractivity contribution in [2.75, 3.05) is 7.11 Å². The van der Waals surface area contributed by atoms with Gasteiger partial charge in [-0.2, -0.15) is 4.99 Å². The van der Waals surface area contributed by atoms with Crippen LogP contribution in [0, 0.1) is 6.92 Å². The highest BCUT2D eigenvalue weighted by molar-refractivity contribution is 9.10. The molecule has 2 rings (SSSR count). The summed E-state index contributed by atoms with van der Waals surface area (Å²) in [5, 5.41) is 0. The van der Waals surface area contributed by atoms with E-state index in [1.54, 1.807) is 13.2 Å². The van der Waals surface area contributed by atoms with Gasteiger partial charge >= 0.3 is 0 Å². The fourth-order valence-corrected chi connectivity index (χ4v) is 3.49. The molecular formula is C14H16BrNO2. The molecule has 18 heavy (non-hydrogen) atoms. The zero-order valence-electron chi connectivity index (χ0n) is 10.6. The number of rotatable bonds is 3. The van der Waals surface area contributed by atoms with Gasteiger partial charge < -0.3 is 4.74 Å². The van der Waals surface area contributed by atoms with Crippen LogP contribution in [0.4, 0.5) is 0 Å². The smallest absolute Gasteiger partial charge is 0.235 e. The van der Waals surface area contributed by atoms with Gasteiger partial charge in [-0.05, 0) is 59.0 Å². The molecule has 0 heterocycles. The third-order valence-corrected chi connectivity index (χ3v) is 4.25. The Labute approximate surface area is 115 Å². The Morgan fingerprint density at radius 2 is 2.06 bits per heavy atom. The lowest BCUT2D eigenvalue weighted by molar-refractivity contribution is 0.406. The molecule has 4 heteroatoms. The predicted octanol–water partition coefficient (Wildman–Crippen LogP) is 3.87. The zero-order valence-corrected chi connectivity index (χ0v) is 12.2. The normalized spacial score (nSPS) is 17.3. The summed E-state index contributed by atoms with van der Waals surface area (Å²) in [6.45, 7) is 2.00. The summed E-state index contributed by atoms with van der Waals surface area (Å²) in [6, 6.07) is 4.08. The van der Waals surface area contributed by atoms with Crippen LogP contribution in [0.2, 0.25) is 0 Å². The van der Waals surface area contributed by atoms with Crippen molar-refractivity contribution in [3.63, 3.8) is 0 Å². The van der Waals surface area contributed by atoms with Crippen LogP contribution in [0.5, 0.6) is 5.75 Å². The van der Waals surface area contributed by atoms with E-state index in [9.17, 15) is 4.79 Å². The number of aliphatic imine (C=N–C) groups is 1. The monoisotopic (exact) mass is 309 g/mol. The van der Waals surface area contributed by atoms with Crippen molar-refractivity contribution < 1.29 is 9.53 Å². The maximum atomic E-state index is 10.7. The molecule has 0 saturated heterocycles. The van der Waals surface area contributed by atoms with Crippen molar-refractivity contribution in [1.82, 2.24) is 0 Å². The Morgan fingerprint density at radius 1 is 1.39 bits per heavy atom. The first kappa shape index (κ1) is 13.3. The average molecular weight is 310 g/mol. The molecule has 3 nitrogen and oxygen atoms in total. The fourth-order valence-electron chi connectivity index (χ4n) is 2.77. The molecule has 0 atom stereocenters. The van der Waals surface area contributed by atoms with Crippen LogP contribution in [-0.2, 0) is 10.3 Å². The molecule has 0 amide bonds. The lowest BCUT2D eigenvalue weighted by atomic mass is 9.88. The summed E-state index contributed by atoms with van der Waals surface area (Å²) in [6.07, 6.45) is 5.79. The minimum atomic E-state index is -0.374. The van der Waals surface area contributed by atoms with Crippen LogP contribution < -0.4 is 4.74 Å². The SMILES string of the molecule is COc1c(C)cc(C2(N=C=O)CCCC2)cc1Br. The highest BCUT2D eigenvalue weighted by Crippen LogP contribution is 2.44. The fraction of sp³-hybridized carbons (Fsp3) is 0.500. The van der Waals surface area contributed by atoms with Crippen molar-refractivity contribution in [3.05, 3.63) is 27.7 Å². The van der Waals surface area contributed by atoms with Gasteiger partial charge in [-0.25, -0.2) is 4.79 Å². The molecule has 0 radical (unpaired) electrons. The summed E-state index contributed by atoms with van der Waals surface area (Å²) in [5.74, 6) is 0.835. The Balaban J connectivity index is 2.53. The van der Waals surface area contributed by atoms with E-state index < -0.39 is 0 Å². The molecule has 0 aromatic heterocycles. The number of methoxy groups -OCH3 is 1. The van der Waals surface area contributed by atoms with Gasteiger partial charge in [0.15, 0.2) is 0 Å². The van der Waals surface area contributed by atoms with Gasteiger partial charge in [0.05, 0.1) is 17.1 Å². The predicted molar refractivity (Wildman–Crippen MR) is 73.7 cm³/mol. The maximum Gasteiger partial charge on any atom is 0.235 e. The number of hydrogen-bond acceptors (Lipinski definition) is 3. The molecule has 1 fully saturated rings. The number of carbonyl (C=O) groups excluding carboxylic acids is 1. The van der Waals surface area contributed by atoms with Crippen LogP contribution in [0.1, 0.15) is 36.8 Å². The molecule has 96 valence electrons. The van der Waals surface area contributed by atoms with Gasteiger partial charge in [-0.15, -0.1) is 0 Å². The largest absolute Gasteiger partial charge is 0.495 e. The molecule has 0 unspecified atom stereocenters. The van der Waals surface area contributed by atoms with E-state index in [1.165, 1.54) is 0 Å². The first-order valence-electron chi connectivity index (χ1n) is 6.06. The van der Waals surface area contributed by atoms with Crippen molar-refractivity contribution in [2.45, 2.75) is 38.1 Å². The number of benzene rings is 1. The summed E-state index contributed by atoms with van der Waals surface area (Å²) in [4.78, 5) is 14.8. The molecular weight excluding hydrogens is 294 g/mol. The van der Waals surface area contributed by atoms with Gasteiger partial charge in [-0.1, -0.05) is 12.8 Å². The van der Waals surface area contributed by atoms with E-state index in [1.807, 2.05) is 13.0 Å². The van der Waals surface area contributed by atoms with Crippen LogP contribution >= 0.6 is 15.9 Å². The Hall–Kier alpha value is -1.12. The van der Waals surface area contributed by atoms with Crippen molar-refractivity contribution in [1.29, 1.82) is 0 Å². The van der Waals surface area contributed by atoms with Crippen LogP contribution in [0.15, 0.2) is 21.6 Å². The minimum Gasteiger partial charge on any atom is -0.495 e. The minimum absolute atomic E-state index is 0.374. The lowest BCUT2D eigenvalue weighted by Gasteiger charge is -2.24. The van der Waals surface area contributed by atoms with E-state index in [2.05, 4.69) is 27.0 Å². The van der Waals surface area contributed by atoms with Crippen LogP contribution in [-0.4, -0.2) is 13.2 Å². The van der Waals surface area contributed by atoms with E-state index in [-0.39, 0.29) is 5.54 Å². The Kier molecular flexibility index (Phi) is 3.88. The second kappa shape index (κ2) is 5.25. The van der Waals surface area contributed by atoms with E-state index >= 15 is 0 Å². The highest BCUT2D eigenvalue weighted by Gasteiger charge is 2.36. The Morgan fingerprint density at radius 3 is 2.56 bits per heavy atom. The first-order valence-corrected chi connectivity index (χ1v) is 6.86. The van der Waals surface area contributed by atoms with Crippen molar-refractivity contribution in [3.8, 4) is 5.75 Å². The van der Waals surface area contributed by atoms with Gasteiger partial charge in [0.2, 0.25) is 6.08 Å². The second-order valence-electron chi connectivity index (χ2n) is 4.75. The Bertz CT molecular complexity index is 478. The average Bonchev–Trinajstić information content (AvgIpc) is 2.79. The standard InChI is InChI=1S/C14H16BrNO2/c1-10-7-11(8-12(15)13(10)18-2)14(16-9-17)5-3-4-6-14/h7-8H,3-6H2,1-2H3. The van der Waals surface area contributed by atoms with Gasteiger partial charge in [0.1, 0.15) is 5.75 Å². The molecule has 1 saturated carbocycles. The molecule has 0 N–H and O–H groups in total. The van der Waals surface area contributed by atoms with Crippen molar-refractivity contribution >= 4 is 22.0 Å². The van der Waals surface area contributed by atoms with Crippen LogP contribution in [0.3, 0.4) is 0 Å². The maximum absolute atomic E-state index is 10.7. The summed E-state index contributed by atoms with van der Waals surface area (Å²) in [7, 11) is 1.65. The second-order valence-corrected chi connectivity index (χ2v) is 5.60. The molecule has 1 aliphatic carbocycles. The molecule has 0 bridgehead atoms. The molecule has 0 spiro atoms. The molecule has 1 aliphatic rings. The summed E-state index contributed by atoms with van der Waals surface area (Å²) in [5.41, 5.74) is 1.75. The highest BCUT2D eigenvalue weighted by atomic mass is 79.9. The number of ether oxygens (including phenoxy) is 1. The first-order chi connectivity index (χ1) is 8.63. The molecule has 1 aromatic rings.